The van der Waals surface area contributed by atoms with E-state index in [2.05, 4.69) is 35.0 Å². The van der Waals surface area contributed by atoms with Crippen molar-refractivity contribution < 1.29 is 4.74 Å². The number of ether oxygens (including phenoxy) is 1. The standard InChI is InChI=1S/C13H16BrClO/c1-2-11-12(15)6-7-16-13(11)9-4-3-5-10(14)8-9/h3-5,8,11-13H,2,6-7H2,1H3/t11-,12+,13+/m0/s1. The van der Waals surface area contributed by atoms with Crippen molar-refractivity contribution in [1.29, 1.82) is 0 Å². The van der Waals surface area contributed by atoms with Crippen LogP contribution in [0.1, 0.15) is 31.4 Å². The molecule has 0 N–H and O–H groups in total. The molecule has 1 heterocycles. The van der Waals surface area contributed by atoms with E-state index in [1.807, 2.05) is 12.1 Å². The Balaban J connectivity index is 2.24. The highest BCUT2D eigenvalue weighted by atomic mass is 79.9. The minimum absolute atomic E-state index is 0.152. The molecule has 1 saturated heterocycles. The maximum absolute atomic E-state index is 6.38. The molecule has 1 aromatic rings. The Labute approximate surface area is 110 Å². The number of benzene rings is 1. The predicted molar refractivity (Wildman–Crippen MR) is 70.9 cm³/mol. The first kappa shape index (κ1) is 12.4. The lowest BCUT2D eigenvalue weighted by Gasteiger charge is -2.35. The molecule has 0 aliphatic carbocycles. The van der Waals surface area contributed by atoms with Crippen LogP contribution in [-0.2, 0) is 4.74 Å². The third kappa shape index (κ3) is 2.61. The molecule has 2 rings (SSSR count). The van der Waals surface area contributed by atoms with E-state index in [-0.39, 0.29) is 11.5 Å². The molecular weight excluding hydrogens is 287 g/mol. The number of hydrogen-bond acceptors (Lipinski definition) is 1. The third-order valence-corrected chi connectivity index (χ3v) is 4.23. The lowest BCUT2D eigenvalue weighted by atomic mass is 9.87. The molecule has 1 aliphatic heterocycles. The number of halogens is 2. The van der Waals surface area contributed by atoms with Gasteiger partial charge in [0.05, 0.1) is 6.10 Å². The van der Waals surface area contributed by atoms with Gasteiger partial charge in [-0.3, -0.25) is 0 Å². The van der Waals surface area contributed by atoms with Gasteiger partial charge in [-0.15, -0.1) is 11.6 Å². The Morgan fingerprint density at radius 2 is 2.31 bits per heavy atom. The van der Waals surface area contributed by atoms with Crippen molar-refractivity contribution in [3.63, 3.8) is 0 Å². The summed E-state index contributed by atoms with van der Waals surface area (Å²) < 4.78 is 6.98. The van der Waals surface area contributed by atoms with Crippen LogP contribution in [0.15, 0.2) is 28.7 Å². The van der Waals surface area contributed by atoms with Crippen LogP contribution >= 0.6 is 27.5 Å². The van der Waals surface area contributed by atoms with Crippen molar-refractivity contribution >= 4 is 27.5 Å². The van der Waals surface area contributed by atoms with Gasteiger partial charge in [-0.1, -0.05) is 35.0 Å². The largest absolute Gasteiger partial charge is 0.373 e. The number of hydrogen-bond donors (Lipinski definition) is 0. The first-order valence-corrected chi connectivity index (χ1v) is 6.96. The van der Waals surface area contributed by atoms with Gasteiger partial charge in [0, 0.05) is 22.4 Å². The second-order valence-electron chi connectivity index (χ2n) is 4.22. The third-order valence-electron chi connectivity index (χ3n) is 3.19. The Morgan fingerprint density at radius 3 is 3.00 bits per heavy atom. The second-order valence-corrected chi connectivity index (χ2v) is 5.70. The van der Waals surface area contributed by atoms with Gasteiger partial charge < -0.3 is 4.74 Å². The van der Waals surface area contributed by atoms with Crippen molar-refractivity contribution in [2.75, 3.05) is 6.61 Å². The van der Waals surface area contributed by atoms with Gasteiger partial charge in [0.15, 0.2) is 0 Å². The summed E-state index contributed by atoms with van der Waals surface area (Å²) >= 11 is 9.87. The van der Waals surface area contributed by atoms with E-state index in [1.165, 1.54) is 5.56 Å². The van der Waals surface area contributed by atoms with Crippen molar-refractivity contribution in [2.24, 2.45) is 5.92 Å². The summed E-state index contributed by atoms with van der Waals surface area (Å²) in [6.07, 6.45) is 2.18. The fraction of sp³-hybridized carbons (Fsp3) is 0.538. The summed E-state index contributed by atoms with van der Waals surface area (Å²) in [5, 5.41) is 0.239. The monoisotopic (exact) mass is 302 g/mol. The number of alkyl halides is 1. The van der Waals surface area contributed by atoms with Crippen molar-refractivity contribution in [3.8, 4) is 0 Å². The van der Waals surface area contributed by atoms with Gasteiger partial charge in [0.2, 0.25) is 0 Å². The van der Waals surface area contributed by atoms with Crippen LogP contribution in [0.3, 0.4) is 0 Å². The molecule has 1 fully saturated rings. The van der Waals surface area contributed by atoms with Gasteiger partial charge in [-0.25, -0.2) is 0 Å². The van der Waals surface area contributed by atoms with Crippen LogP contribution < -0.4 is 0 Å². The Kier molecular flexibility index (Phi) is 4.28. The first-order chi connectivity index (χ1) is 7.72. The molecule has 0 bridgehead atoms. The predicted octanol–water partition coefficient (Wildman–Crippen LogP) is 4.54. The van der Waals surface area contributed by atoms with Crippen molar-refractivity contribution in [3.05, 3.63) is 34.3 Å². The fourth-order valence-electron chi connectivity index (χ4n) is 2.33. The molecule has 3 atom stereocenters. The smallest absolute Gasteiger partial charge is 0.0867 e. The molecular formula is C13H16BrClO. The van der Waals surface area contributed by atoms with Gasteiger partial charge in [-0.2, -0.15) is 0 Å². The number of rotatable bonds is 2. The van der Waals surface area contributed by atoms with Crippen LogP contribution in [0.4, 0.5) is 0 Å². The van der Waals surface area contributed by atoms with Crippen LogP contribution in [0.2, 0.25) is 0 Å². The molecule has 16 heavy (non-hydrogen) atoms. The van der Waals surface area contributed by atoms with E-state index in [9.17, 15) is 0 Å². The lowest BCUT2D eigenvalue weighted by molar-refractivity contribution is -0.0269. The van der Waals surface area contributed by atoms with E-state index in [0.717, 1.165) is 23.9 Å². The van der Waals surface area contributed by atoms with Crippen LogP contribution in [-0.4, -0.2) is 12.0 Å². The van der Waals surface area contributed by atoms with Gasteiger partial charge >= 0.3 is 0 Å². The lowest BCUT2D eigenvalue weighted by Crippen LogP contribution is -2.31. The quantitative estimate of drug-likeness (QED) is 0.729. The van der Waals surface area contributed by atoms with E-state index >= 15 is 0 Å². The topological polar surface area (TPSA) is 9.23 Å². The molecule has 3 heteroatoms. The summed E-state index contributed by atoms with van der Waals surface area (Å²) in [7, 11) is 0. The highest BCUT2D eigenvalue weighted by molar-refractivity contribution is 9.10. The van der Waals surface area contributed by atoms with E-state index in [0.29, 0.717) is 5.92 Å². The van der Waals surface area contributed by atoms with Crippen LogP contribution in [0.25, 0.3) is 0 Å². The molecule has 0 spiro atoms. The minimum atomic E-state index is 0.152. The average molecular weight is 304 g/mol. The molecule has 0 radical (unpaired) electrons. The summed E-state index contributed by atoms with van der Waals surface area (Å²) in [6, 6.07) is 8.33. The highest BCUT2D eigenvalue weighted by Crippen LogP contribution is 2.38. The Bertz CT molecular complexity index is 356. The van der Waals surface area contributed by atoms with E-state index < -0.39 is 0 Å². The van der Waals surface area contributed by atoms with E-state index in [1.54, 1.807) is 0 Å². The maximum atomic E-state index is 6.38. The molecule has 0 saturated carbocycles. The van der Waals surface area contributed by atoms with Crippen molar-refractivity contribution in [1.82, 2.24) is 0 Å². The van der Waals surface area contributed by atoms with Crippen molar-refractivity contribution in [2.45, 2.75) is 31.2 Å². The maximum Gasteiger partial charge on any atom is 0.0867 e. The molecule has 0 aromatic heterocycles. The summed E-state index contributed by atoms with van der Waals surface area (Å²) in [6.45, 7) is 2.95. The first-order valence-electron chi connectivity index (χ1n) is 5.73. The normalized spacial score (nSPS) is 30.3. The zero-order chi connectivity index (χ0) is 11.5. The van der Waals surface area contributed by atoms with Crippen LogP contribution in [0, 0.1) is 5.92 Å². The fourth-order valence-corrected chi connectivity index (χ4v) is 3.15. The molecule has 1 nitrogen and oxygen atoms in total. The SMILES string of the molecule is CC[C@H]1[C@H](Cl)CCO[C@@H]1c1cccc(Br)c1. The summed E-state index contributed by atoms with van der Waals surface area (Å²) in [5.74, 6) is 0.421. The highest BCUT2D eigenvalue weighted by Gasteiger charge is 2.32. The van der Waals surface area contributed by atoms with Gasteiger partial charge in [-0.05, 0) is 30.5 Å². The molecule has 0 unspecified atom stereocenters. The second kappa shape index (κ2) is 5.52. The molecule has 1 aliphatic rings. The van der Waals surface area contributed by atoms with Crippen LogP contribution in [0.5, 0.6) is 0 Å². The van der Waals surface area contributed by atoms with Gasteiger partial charge in [0.1, 0.15) is 0 Å². The summed E-state index contributed by atoms with van der Waals surface area (Å²) in [4.78, 5) is 0. The zero-order valence-corrected chi connectivity index (χ0v) is 11.7. The van der Waals surface area contributed by atoms with Gasteiger partial charge in [0.25, 0.3) is 0 Å². The summed E-state index contributed by atoms with van der Waals surface area (Å²) in [5.41, 5.74) is 1.23. The zero-order valence-electron chi connectivity index (χ0n) is 9.33. The van der Waals surface area contributed by atoms with E-state index in [4.69, 9.17) is 16.3 Å². The average Bonchev–Trinajstić information content (AvgIpc) is 2.28. The Morgan fingerprint density at radius 1 is 1.50 bits per heavy atom. The molecule has 88 valence electrons. The molecule has 0 amide bonds. The molecule has 1 aromatic carbocycles. The Hall–Kier alpha value is -0.0500. The minimum Gasteiger partial charge on any atom is -0.373 e.